The normalized spacial score (nSPS) is 14.4. The third-order valence-electron chi connectivity index (χ3n) is 5.98. The van der Waals surface area contributed by atoms with Gasteiger partial charge in [-0.2, -0.15) is 0 Å². The molecule has 8 nitrogen and oxygen atoms in total. The Hall–Kier alpha value is -3.52. The van der Waals surface area contributed by atoms with Gasteiger partial charge in [-0.15, -0.1) is 0 Å². The fraction of sp³-hybridized carbons (Fsp3) is 0.333. The smallest absolute Gasteiger partial charge is 0.295 e. The maximum absolute atomic E-state index is 13.0. The number of hydrogen-bond acceptors (Lipinski definition) is 5. The first-order valence-corrected chi connectivity index (χ1v) is 10.7. The number of carbonyl (C=O) groups is 1. The maximum Gasteiger partial charge on any atom is 0.295 e. The van der Waals surface area contributed by atoms with Crippen molar-refractivity contribution in [2.24, 2.45) is 7.05 Å². The molecule has 0 bridgehead atoms. The molecule has 0 radical (unpaired) electrons. The van der Waals surface area contributed by atoms with Gasteiger partial charge in [0.1, 0.15) is 11.4 Å². The molecule has 4 rings (SSSR count). The zero-order valence-corrected chi connectivity index (χ0v) is 18.7. The molecule has 1 fully saturated rings. The van der Waals surface area contributed by atoms with Gasteiger partial charge in [0, 0.05) is 45.0 Å². The van der Waals surface area contributed by atoms with E-state index in [0.717, 1.165) is 49.0 Å². The zero-order valence-electron chi connectivity index (χ0n) is 18.7. The number of aromatic nitrogens is 2. The molecule has 0 saturated carbocycles. The molecule has 1 aliphatic rings. The number of methoxy groups -OCH3 is 1. The lowest BCUT2D eigenvalue weighted by molar-refractivity contribution is -0.117. The number of anilines is 2. The highest BCUT2D eigenvalue weighted by atomic mass is 16.5. The minimum absolute atomic E-state index is 0.175. The van der Waals surface area contributed by atoms with E-state index in [9.17, 15) is 9.59 Å². The number of rotatable bonds is 6. The van der Waals surface area contributed by atoms with Crippen molar-refractivity contribution in [2.75, 3.05) is 50.1 Å². The van der Waals surface area contributed by atoms with E-state index < -0.39 is 0 Å². The largest absolute Gasteiger partial charge is 0.497 e. The van der Waals surface area contributed by atoms with Crippen LogP contribution < -0.4 is 20.5 Å². The third-order valence-corrected chi connectivity index (χ3v) is 5.98. The van der Waals surface area contributed by atoms with Crippen molar-refractivity contribution in [1.82, 2.24) is 14.3 Å². The van der Waals surface area contributed by atoms with Crippen molar-refractivity contribution in [3.05, 3.63) is 70.6 Å². The average Bonchev–Trinajstić information content (AvgIpc) is 3.03. The predicted molar refractivity (Wildman–Crippen MR) is 126 cm³/mol. The summed E-state index contributed by atoms with van der Waals surface area (Å²) >= 11 is 0. The van der Waals surface area contributed by atoms with Crippen LogP contribution in [-0.2, 0) is 11.8 Å². The number of piperazine rings is 1. The SMILES string of the molecule is COc1cccc(N2CCN(CC(=O)Nc3c(C)n(C)n(-c4ccccc4)c3=O)CC2)c1. The van der Waals surface area contributed by atoms with Crippen LogP contribution in [0.1, 0.15) is 5.69 Å². The van der Waals surface area contributed by atoms with Crippen LogP contribution in [0.4, 0.5) is 11.4 Å². The molecule has 0 spiro atoms. The number of ether oxygens (including phenoxy) is 1. The van der Waals surface area contributed by atoms with Crippen molar-refractivity contribution in [3.63, 3.8) is 0 Å². The Morgan fingerprint density at radius 1 is 1.00 bits per heavy atom. The van der Waals surface area contributed by atoms with E-state index in [2.05, 4.69) is 21.2 Å². The fourth-order valence-corrected chi connectivity index (χ4v) is 4.07. The third kappa shape index (κ3) is 4.40. The summed E-state index contributed by atoms with van der Waals surface area (Å²) < 4.78 is 8.65. The van der Waals surface area contributed by atoms with Gasteiger partial charge in [0.15, 0.2) is 0 Å². The van der Waals surface area contributed by atoms with Gasteiger partial charge < -0.3 is 15.0 Å². The summed E-state index contributed by atoms with van der Waals surface area (Å²) in [5, 5.41) is 2.85. The average molecular weight is 436 g/mol. The van der Waals surface area contributed by atoms with E-state index in [1.807, 2.05) is 62.5 Å². The standard InChI is InChI=1S/C24H29N5O3/c1-18-23(24(31)29(26(18)2)19-8-5-4-6-9-19)25-22(30)17-27-12-14-28(15-13-27)20-10-7-11-21(16-20)32-3/h4-11,16H,12-15,17H2,1-3H3,(H,25,30). The molecular weight excluding hydrogens is 406 g/mol. The van der Waals surface area contributed by atoms with Crippen LogP contribution in [0.15, 0.2) is 59.4 Å². The summed E-state index contributed by atoms with van der Waals surface area (Å²) in [6.07, 6.45) is 0. The lowest BCUT2D eigenvalue weighted by Crippen LogP contribution is -2.48. The van der Waals surface area contributed by atoms with Crippen LogP contribution in [0.5, 0.6) is 5.75 Å². The van der Waals surface area contributed by atoms with Crippen LogP contribution >= 0.6 is 0 Å². The van der Waals surface area contributed by atoms with Crippen molar-refractivity contribution in [3.8, 4) is 11.4 Å². The van der Waals surface area contributed by atoms with Crippen LogP contribution in [0, 0.1) is 6.92 Å². The number of carbonyl (C=O) groups excluding carboxylic acids is 1. The van der Waals surface area contributed by atoms with E-state index in [-0.39, 0.29) is 18.0 Å². The van der Waals surface area contributed by atoms with E-state index in [1.165, 1.54) is 0 Å². The molecule has 168 valence electrons. The van der Waals surface area contributed by atoms with Crippen LogP contribution in [-0.4, -0.2) is 60.0 Å². The quantitative estimate of drug-likeness (QED) is 0.643. The second kappa shape index (κ2) is 9.32. The molecule has 8 heteroatoms. The first-order valence-electron chi connectivity index (χ1n) is 10.7. The van der Waals surface area contributed by atoms with Gasteiger partial charge in [0.2, 0.25) is 5.91 Å². The molecule has 0 unspecified atom stereocenters. The van der Waals surface area contributed by atoms with Gasteiger partial charge in [0.05, 0.1) is 25.0 Å². The van der Waals surface area contributed by atoms with E-state index in [4.69, 9.17) is 4.74 Å². The van der Waals surface area contributed by atoms with Gasteiger partial charge >= 0.3 is 0 Å². The van der Waals surface area contributed by atoms with Gasteiger partial charge in [0.25, 0.3) is 5.56 Å². The molecule has 1 N–H and O–H groups in total. The number of amides is 1. The van der Waals surface area contributed by atoms with Gasteiger partial charge in [-0.3, -0.25) is 19.2 Å². The summed E-state index contributed by atoms with van der Waals surface area (Å²) in [5.74, 6) is 0.662. The fourth-order valence-electron chi connectivity index (χ4n) is 4.07. The Labute approximate surface area is 187 Å². The maximum atomic E-state index is 13.0. The summed E-state index contributed by atoms with van der Waals surface area (Å²) in [6.45, 7) is 5.28. The summed E-state index contributed by atoms with van der Waals surface area (Å²) in [7, 11) is 3.48. The molecule has 1 aromatic heterocycles. The highest BCUT2D eigenvalue weighted by molar-refractivity contribution is 5.92. The second-order valence-corrected chi connectivity index (χ2v) is 7.95. The molecule has 3 aromatic rings. The predicted octanol–water partition coefficient (Wildman–Crippen LogP) is 2.25. The minimum Gasteiger partial charge on any atom is -0.497 e. The highest BCUT2D eigenvalue weighted by Gasteiger charge is 2.22. The molecule has 0 aliphatic carbocycles. The first-order chi connectivity index (χ1) is 15.5. The lowest BCUT2D eigenvalue weighted by atomic mass is 10.2. The number of para-hydroxylation sites is 1. The van der Waals surface area contributed by atoms with Gasteiger partial charge in [-0.05, 0) is 31.2 Å². The second-order valence-electron chi connectivity index (χ2n) is 7.95. The van der Waals surface area contributed by atoms with E-state index in [0.29, 0.717) is 5.69 Å². The lowest BCUT2D eigenvalue weighted by Gasteiger charge is -2.35. The summed E-state index contributed by atoms with van der Waals surface area (Å²) in [5.41, 5.74) is 2.70. The Morgan fingerprint density at radius 2 is 1.69 bits per heavy atom. The monoisotopic (exact) mass is 435 g/mol. The van der Waals surface area contributed by atoms with Crippen molar-refractivity contribution in [2.45, 2.75) is 6.92 Å². The molecule has 32 heavy (non-hydrogen) atoms. The van der Waals surface area contributed by atoms with Crippen LogP contribution in [0.25, 0.3) is 5.69 Å². The Morgan fingerprint density at radius 3 is 2.38 bits per heavy atom. The number of nitrogens with one attached hydrogen (secondary N) is 1. The molecule has 0 atom stereocenters. The molecule has 1 saturated heterocycles. The molecule has 2 aromatic carbocycles. The van der Waals surface area contributed by atoms with Crippen molar-refractivity contribution >= 4 is 17.3 Å². The highest BCUT2D eigenvalue weighted by Crippen LogP contribution is 2.22. The number of nitrogens with zero attached hydrogens (tertiary/aromatic N) is 4. The van der Waals surface area contributed by atoms with Crippen molar-refractivity contribution < 1.29 is 9.53 Å². The minimum atomic E-state index is -0.229. The van der Waals surface area contributed by atoms with Crippen LogP contribution in [0.2, 0.25) is 0 Å². The molecule has 1 aliphatic heterocycles. The number of hydrogen-bond donors (Lipinski definition) is 1. The first kappa shape index (κ1) is 21.7. The molecule has 1 amide bonds. The summed E-state index contributed by atoms with van der Waals surface area (Å²) in [6, 6.07) is 17.4. The molecule has 2 heterocycles. The molecular formula is C24H29N5O3. The number of benzene rings is 2. The van der Waals surface area contributed by atoms with Crippen LogP contribution in [0.3, 0.4) is 0 Å². The zero-order chi connectivity index (χ0) is 22.7. The van der Waals surface area contributed by atoms with Gasteiger partial charge in [-0.25, -0.2) is 4.68 Å². The van der Waals surface area contributed by atoms with Crippen molar-refractivity contribution in [1.29, 1.82) is 0 Å². The van der Waals surface area contributed by atoms with Gasteiger partial charge in [-0.1, -0.05) is 24.3 Å². The Balaban J connectivity index is 1.38. The van der Waals surface area contributed by atoms with E-state index in [1.54, 1.807) is 16.5 Å². The summed E-state index contributed by atoms with van der Waals surface area (Å²) in [4.78, 5) is 30.1. The topological polar surface area (TPSA) is 71.7 Å². The Kier molecular flexibility index (Phi) is 6.32. The van der Waals surface area contributed by atoms with E-state index >= 15 is 0 Å². The Bertz CT molecular complexity index is 1140.